The normalized spacial score (nSPS) is 54.2. The van der Waals surface area contributed by atoms with E-state index in [1.807, 2.05) is 6.07 Å². The van der Waals surface area contributed by atoms with Crippen LogP contribution in [0.1, 0.15) is 76.7 Å². The molecule has 9 atom stereocenters. The molecule has 3 unspecified atom stereocenters. The first-order chi connectivity index (χ1) is 13.4. The van der Waals surface area contributed by atoms with Gasteiger partial charge >= 0.3 is 5.63 Å². The Balaban J connectivity index is 1.36. The van der Waals surface area contributed by atoms with Crippen molar-refractivity contribution in [3.8, 4) is 0 Å². The van der Waals surface area contributed by atoms with E-state index in [-0.39, 0.29) is 22.7 Å². The lowest BCUT2D eigenvalue weighted by Gasteiger charge is -2.61. The summed E-state index contributed by atoms with van der Waals surface area (Å²) in [7, 11) is 0. The molecule has 2 heterocycles. The van der Waals surface area contributed by atoms with E-state index in [4.69, 9.17) is 9.15 Å². The molecule has 0 amide bonds. The van der Waals surface area contributed by atoms with Gasteiger partial charge in [0.15, 0.2) is 0 Å². The fourth-order valence-electron chi connectivity index (χ4n) is 8.74. The van der Waals surface area contributed by atoms with E-state index >= 15 is 0 Å². The zero-order valence-corrected chi connectivity index (χ0v) is 17.0. The molecule has 1 spiro atoms. The van der Waals surface area contributed by atoms with Gasteiger partial charge in [-0.2, -0.15) is 0 Å². The third-order valence-electron chi connectivity index (χ3n) is 10.2. The van der Waals surface area contributed by atoms with Crippen molar-refractivity contribution in [1.29, 1.82) is 0 Å². The number of aliphatic hydroxyl groups excluding tert-OH is 1. The predicted octanol–water partition coefficient (Wildman–Crippen LogP) is 4.26. The highest BCUT2D eigenvalue weighted by molar-refractivity contribution is 5.35. The van der Waals surface area contributed by atoms with Crippen LogP contribution in [0.5, 0.6) is 0 Å². The Hall–Kier alpha value is -1.13. The third kappa shape index (κ3) is 2.01. The van der Waals surface area contributed by atoms with Crippen molar-refractivity contribution in [2.24, 2.45) is 28.6 Å². The van der Waals surface area contributed by atoms with Crippen molar-refractivity contribution in [1.82, 2.24) is 0 Å². The lowest BCUT2D eigenvalue weighted by molar-refractivity contribution is -0.139. The summed E-state index contributed by atoms with van der Waals surface area (Å²) in [5.74, 6) is 2.48. The predicted molar refractivity (Wildman–Crippen MR) is 105 cm³/mol. The maximum Gasteiger partial charge on any atom is 0.335 e. The molecule has 1 aromatic heterocycles. The van der Waals surface area contributed by atoms with Gasteiger partial charge in [0.2, 0.25) is 0 Å². The van der Waals surface area contributed by atoms with Crippen molar-refractivity contribution in [3.05, 3.63) is 34.4 Å². The summed E-state index contributed by atoms with van der Waals surface area (Å²) in [5, 5.41) is 10.2. The largest absolute Gasteiger partial charge is 0.431 e. The van der Waals surface area contributed by atoms with Gasteiger partial charge in [0, 0.05) is 11.5 Å². The molecule has 5 fully saturated rings. The Bertz CT molecular complexity index is 842. The van der Waals surface area contributed by atoms with E-state index in [0.717, 1.165) is 25.2 Å². The van der Waals surface area contributed by atoms with Crippen molar-refractivity contribution < 1.29 is 14.3 Å². The molecule has 4 heteroatoms. The van der Waals surface area contributed by atoms with Gasteiger partial charge in [0.05, 0.1) is 18.5 Å². The minimum Gasteiger partial charge on any atom is -0.431 e. The molecule has 0 radical (unpaired) electrons. The number of epoxide rings is 1. The quantitative estimate of drug-likeness (QED) is 0.735. The average molecular weight is 385 g/mol. The summed E-state index contributed by atoms with van der Waals surface area (Å²) in [6.45, 7) is 4.97. The van der Waals surface area contributed by atoms with Crippen LogP contribution in [-0.2, 0) is 4.74 Å². The van der Waals surface area contributed by atoms with Gasteiger partial charge in [-0.3, -0.25) is 0 Å². The summed E-state index contributed by atoms with van der Waals surface area (Å²) < 4.78 is 11.8. The van der Waals surface area contributed by atoms with E-state index in [2.05, 4.69) is 13.8 Å². The highest BCUT2D eigenvalue weighted by Crippen LogP contribution is 2.77. The number of hydrogen-bond donors (Lipinski definition) is 1. The van der Waals surface area contributed by atoms with Crippen LogP contribution >= 0.6 is 0 Å². The van der Waals surface area contributed by atoms with Crippen molar-refractivity contribution in [3.63, 3.8) is 0 Å². The number of hydrogen-bond acceptors (Lipinski definition) is 4. The zero-order valence-electron chi connectivity index (χ0n) is 17.0. The number of ether oxygens (including phenoxy) is 1. The van der Waals surface area contributed by atoms with E-state index in [9.17, 15) is 9.90 Å². The molecule has 1 aromatic rings. The van der Waals surface area contributed by atoms with Crippen LogP contribution in [0.3, 0.4) is 0 Å². The van der Waals surface area contributed by atoms with Crippen molar-refractivity contribution in [2.75, 3.05) is 0 Å². The molecular formula is C24H32O4. The van der Waals surface area contributed by atoms with Gasteiger partial charge in [0.1, 0.15) is 5.60 Å². The van der Waals surface area contributed by atoms with E-state index in [1.165, 1.54) is 37.7 Å². The van der Waals surface area contributed by atoms with Crippen molar-refractivity contribution >= 4 is 0 Å². The van der Waals surface area contributed by atoms with Crippen LogP contribution in [-0.4, -0.2) is 22.9 Å². The lowest BCUT2D eigenvalue weighted by atomic mass is 9.44. The summed E-state index contributed by atoms with van der Waals surface area (Å²) in [4.78, 5) is 11.4. The Morgan fingerprint density at radius 2 is 1.89 bits per heavy atom. The molecule has 4 nitrogen and oxygen atoms in total. The average Bonchev–Trinajstić information content (AvgIpc) is 3.33. The summed E-state index contributed by atoms with van der Waals surface area (Å²) in [6, 6.07) is 3.55. The molecule has 4 aliphatic carbocycles. The molecule has 4 saturated carbocycles. The summed E-state index contributed by atoms with van der Waals surface area (Å²) in [6.07, 6.45) is 11.1. The van der Waals surface area contributed by atoms with Crippen LogP contribution < -0.4 is 5.63 Å². The van der Waals surface area contributed by atoms with Crippen LogP contribution in [0, 0.1) is 28.6 Å². The first kappa shape index (κ1) is 17.7. The maximum atomic E-state index is 11.4. The first-order valence-electron chi connectivity index (χ1n) is 11.3. The maximum absolute atomic E-state index is 11.4. The summed E-state index contributed by atoms with van der Waals surface area (Å²) in [5.41, 5.74) is 1.44. The fourth-order valence-corrected chi connectivity index (χ4v) is 8.74. The van der Waals surface area contributed by atoms with E-state index in [0.29, 0.717) is 29.3 Å². The molecule has 5 aliphatic rings. The Kier molecular flexibility index (Phi) is 3.49. The van der Waals surface area contributed by atoms with Crippen molar-refractivity contribution in [2.45, 2.75) is 88.9 Å². The molecule has 28 heavy (non-hydrogen) atoms. The SMILES string of the molecule is C[C@]12CC[C@H](O)C[C@H]1CCC1C2CC[C@]2(C)C(c3ccc(=O)oc3)C[C@H]3O[C@]132. The molecule has 1 N–H and O–H groups in total. The lowest BCUT2D eigenvalue weighted by Crippen LogP contribution is -2.58. The monoisotopic (exact) mass is 384 g/mol. The van der Waals surface area contributed by atoms with Gasteiger partial charge in [-0.1, -0.05) is 13.8 Å². The molecule has 0 aromatic carbocycles. The van der Waals surface area contributed by atoms with Gasteiger partial charge in [-0.15, -0.1) is 0 Å². The third-order valence-corrected chi connectivity index (χ3v) is 10.2. The highest BCUT2D eigenvalue weighted by Gasteiger charge is 2.80. The molecule has 1 aliphatic heterocycles. The number of fused-ring (bicyclic) bond motifs is 3. The minimum absolute atomic E-state index is 0.0285. The number of rotatable bonds is 1. The molecule has 1 saturated heterocycles. The summed E-state index contributed by atoms with van der Waals surface area (Å²) >= 11 is 0. The fraction of sp³-hybridized carbons (Fsp3) is 0.792. The Morgan fingerprint density at radius 3 is 2.68 bits per heavy atom. The second kappa shape index (κ2) is 5.51. The van der Waals surface area contributed by atoms with Crippen LogP contribution in [0.4, 0.5) is 0 Å². The Morgan fingerprint density at radius 1 is 1.04 bits per heavy atom. The Labute approximate surface area is 166 Å². The smallest absolute Gasteiger partial charge is 0.335 e. The van der Waals surface area contributed by atoms with Crippen LogP contribution in [0.25, 0.3) is 0 Å². The molecule has 6 rings (SSSR count). The van der Waals surface area contributed by atoms with Crippen LogP contribution in [0.2, 0.25) is 0 Å². The highest BCUT2D eigenvalue weighted by atomic mass is 16.6. The minimum atomic E-state index is -0.266. The second-order valence-corrected chi connectivity index (χ2v) is 11.0. The standard InChI is InChI=1S/C24H32O4/c1-22-9-7-16(25)11-15(22)4-5-18-17(22)8-10-23(2)19(12-20-24(18,23)28-20)14-3-6-21(26)27-13-14/h3,6,13,15-20,25H,4-5,7-12H2,1-2H3/t15-,16+,17?,18?,19?,20-,22+,23-,24-/m1/s1. The molecule has 0 bridgehead atoms. The second-order valence-electron chi connectivity index (χ2n) is 11.0. The van der Waals surface area contributed by atoms with E-state index in [1.54, 1.807) is 12.3 Å². The van der Waals surface area contributed by atoms with Crippen LogP contribution in [0.15, 0.2) is 27.6 Å². The first-order valence-corrected chi connectivity index (χ1v) is 11.3. The van der Waals surface area contributed by atoms with Gasteiger partial charge in [0.25, 0.3) is 0 Å². The van der Waals surface area contributed by atoms with E-state index < -0.39 is 0 Å². The number of aliphatic hydroxyl groups is 1. The van der Waals surface area contributed by atoms with Gasteiger partial charge in [-0.25, -0.2) is 4.79 Å². The zero-order chi connectivity index (χ0) is 19.3. The van der Waals surface area contributed by atoms with Gasteiger partial charge < -0.3 is 14.3 Å². The topological polar surface area (TPSA) is 63.0 Å². The van der Waals surface area contributed by atoms with Gasteiger partial charge in [-0.05, 0) is 92.1 Å². The molecule has 152 valence electrons. The molecular weight excluding hydrogens is 352 g/mol.